The van der Waals surface area contributed by atoms with E-state index in [1.807, 2.05) is 56.8 Å². The highest BCUT2D eigenvalue weighted by Crippen LogP contribution is 2.52. The molecule has 1 amide bonds. The van der Waals surface area contributed by atoms with E-state index >= 15 is 0 Å². The number of nitrogens with zero attached hydrogens (tertiary/aromatic N) is 7. The molecule has 2 aromatic carbocycles. The number of alkyl carbamates (subject to hydrolysis) is 1. The normalized spacial score (nSPS) is 12.1. The maximum Gasteiger partial charge on any atom is 0.419 e. The van der Waals surface area contributed by atoms with Gasteiger partial charge in [0.2, 0.25) is 0 Å². The molecular weight excluding hydrogens is 2050 g/mol. The van der Waals surface area contributed by atoms with Crippen LogP contribution in [-0.4, -0.2) is 252 Å². The molecule has 5 rings (SSSR count). The van der Waals surface area contributed by atoms with Crippen LogP contribution in [0.1, 0.15) is 305 Å². The summed E-state index contributed by atoms with van der Waals surface area (Å²) in [5, 5.41) is 34.0. The van der Waals surface area contributed by atoms with Crippen molar-refractivity contribution in [1.29, 1.82) is 0 Å². The van der Waals surface area contributed by atoms with E-state index in [4.69, 9.17) is 89.7 Å². The summed E-state index contributed by atoms with van der Waals surface area (Å²) < 4.78 is 144. The van der Waals surface area contributed by atoms with E-state index in [-0.39, 0.29) is 43.1 Å². The molecule has 3 heterocycles. The van der Waals surface area contributed by atoms with Crippen LogP contribution in [0.15, 0.2) is 115 Å². The highest BCUT2D eigenvalue weighted by atomic mass is 33.1. The standard InChI is InChI=1S/C37H67N2O10PS.C21H38N2O3S2.C19H26N3O7P.C15H27N2O5P.C11H25O4P/c1-2-48-50(43,49-36-23-21-35(22-24-36)39(41)42)33-19-15-11-7-3-6-10-14-18-27-47-37(40)38-25-28-45-30-32-46-31-29-44-26-17-13-9-5-4-8-12-16-20-34-51;22-12-15-25-17-19-26-18-16-24-14-9-5-3-1-2-4-6-10-20-27-28-21-11-7-8-13-23-21;1-2-28-30(26,29-18-10-8-17(9-11-18)22(24)25)15-7-5-3-4-6-14-27-19(23)21-13-12-20-16-21;1-3-21-23(19,22-4-2)13-9-7-5-6-8-12-20-15(18)17-11-10-16-14-17;1-3-14-16(13,15-4-2)11-9-7-5-6-8-10-12/h21-24,51H,2-20,25-34H2,1H3,(H,38,40);7-8,11,13H,1-6,9-10,12,14-20,22H2;8-13,16H,2-7,14-15H2,1H3;10-11,14H,3-9,12-13H2,1-2H3;12H,3-11H2,1-2H3. The fourth-order valence-electron chi connectivity index (χ4n) is 14.1. The van der Waals surface area contributed by atoms with Crippen LogP contribution in [0.4, 0.5) is 25.8 Å². The van der Waals surface area contributed by atoms with Crippen molar-refractivity contribution in [1.82, 2.24) is 29.4 Å². The number of nitro groups is 2. The maximum atomic E-state index is 13.1. The van der Waals surface area contributed by atoms with Crippen LogP contribution in [-0.2, 0) is 88.0 Å². The molecule has 38 nitrogen and oxygen atoms in total. The lowest BCUT2D eigenvalue weighted by molar-refractivity contribution is -0.385. The third-order valence-electron chi connectivity index (χ3n) is 21.7. The van der Waals surface area contributed by atoms with Crippen molar-refractivity contribution in [2.45, 2.75) is 310 Å². The van der Waals surface area contributed by atoms with Crippen molar-refractivity contribution in [2.75, 3.05) is 195 Å². The average molecular weight is 2230 g/mol. The van der Waals surface area contributed by atoms with Crippen molar-refractivity contribution in [3.63, 3.8) is 0 Å². The summed E-state index contributed by atoms with van der Waals surface area (Å²) in [4.78, 5) is 67.4. The van der Waals surface area contributed by atoms with Gasteiger partial charge in [-0.3, -0.25) is 29.4 Å². The number of hydrogen-bond donors (Lipinski definition) is 4. The molecule has 2 atom stereocenters. The number of aliphatic hydroxyl groups excluding tert-OH is 1. The minimum atomic E-state index is -3.33. The van der Waals surface area contributed by atoms with Gasteiger partial charge in [0.25, 0.3) is 11.4 Å². The molecule has 148 heavy (non-hydrogen) atoms. The molecule has 4 N–H and O–H groups in total. The number of hydrogen-bond acceptors (Lipinski definition) is 36. The lowest BCUT2D eigenvalue weighted by Gasteiger charge is -2.18. The summed E-state index contributed by atoms with van der Waals surface area (Å²) in [6, 6.07) is 17.0. The van der Waals surface area contributed by atoms with Crippen LogP contribution in [0.2, 0.25) is 0 Å². The Bertz CT molecular complexity index is 4070. The molecule has 0 aliphatic rings. The SMILES string of the molecule is CCOP(=O)(CCCCCCCCCCCOC(=O)NCCOCCOCCOCCCCCCCCCCCS)Oc1ccc([N+](=O)[O-])cc1.CCOP(=O)(CCCCCCCO)OCC.CCOP(=O)(CCCCCCCOC(=O)n1ccnc1)OCC.CCOP(=O)(CCCCCCCOC(=O)n1ccnc1)Oc1ccc([N+](=O)[O-])cc1.NCCOCCOCCOCCCCCCCCCCSSc1ccccn1. The van der Waals surface area contributed by atoms with Crippen LogP contribution in [0.25, 0.3) is 0 Å². The number of carbonyl (C=O) groups excluding carboxylic acids is 3. The Morgan fingerprint density at radius 2 is 0.689 bits per heavy atom. The van der Waals surface area contributed by atoms with E-state index < -0.39 is 58.5 Å². The Morgan fingerprint density at radius 1 is 0.378 bits per heavy atom. The van der Waals surface area contributed by atoms with Gasteiger partial charge in [-0.2, -0.15) is 12.6 Å². The number of amides is 1. The fourth-order valence-corrected chi connectivity index (χ4v) is 23.3. The number of pyridine rings is 1. The van der Waals surface area contributed by atoms with Gasteiger partial charge in [-0.05, 0) is 172 Å². The number of carbonyl (C=O) groups is 3. The lowest BCUT2D eigenvalue weighted by atomic mass is 10.1. The Kier molecular flexibility index (Phi) is 94.9. The number of imidazole rings is 2. The number of rotatable bonds is 94. The third kappa shape index (κ3) is 84.4. The number of benzene rings is 2. The van der Waals surface area contributed by atoms with E-state index in [9.17, 15) is 52.9 Å². The average Bonchev–Trinajstić information content (AvgIpc) is 1.01. The molecule has 852 valence electrons. The number of thiol groups is 1. The number of nitro benzene ring substituents is 2. The van der Waals surface area contributed by atoms with Crippen molar-refractivity contribution in [3.8, 4) is 11.5 Å². The Balaban J connectivity index is 0.000000976. The summed E-state index contributed by atoms with van der Waals surface area (Å²) in [6.45, 7) is 22.7. The molecule has 0 saturated carbocycles. The third-order valence-corrected chi connectivity index (χ3v) is 32.7. The molecule has 5 aromatic rings. The number of aromatic nitrogens is 5. The van der Waals surface area contributed by atoms with Gasteiger partial charge in [-0.15, -0.1) is 0 Å². The second-order valence-corrected chi connectivity index (χ2v) is 45.7. The van der Waals surface area contributed by atoms with E-state index in [2.05, 4.69) is 39.0 Å². The van der Waals surface area contributed by atoms with Gasteiger partial charge in [0.15, 0.2) is 0 Å². The Hall–Kier alpha value is -5.97. The first-order valence-electron chi connectivity index (χ1n) is 54.0. The van der Waals surface area contributed by atoms with Crippen LogP contribution >= 0.6 is 64.6 Å². The zero-order valence-electron chi connectivity index (χ0n) is 89.7. The molecule has 45 heteroatoms. The molecule has 0 aliphatic heterocycles. The van der Waals surface area contributed by atoms with Gasteiger partial charge in [-0.1, -0.05) is 203 Å². The van der Waals surface area contributed by atoms with Crippen molar-refractivity contribution in [2.24, 2.45) is 5.73 Å². The molecule has 3 aromatic heterocycles. The van der Waals surface area contributed by atoms with Crippen LogP contribution in [0.3, 0.4) is 0 Å². The minimum Gasteiger partial charge on any atom is -0.450 e. The smallest absolute Gasteiger partial charge is 0.419 e. The quantitative estimate of drug-likeness (QED) is 0.00534. The molecule has 0 spiro atoms. The fraction of sp³-hybridized carbons (Fsp3) is 0.748. The number of non-ortho nitro benzene ring substituents is 2. The number of aliphatic hydroxyl groups is 1. The molecule has 0 fully saturated rings. The molecule has 0 radical (unpaired) electrons. The molecular formula is C103H183N9O29P4S3. The zero-order chi connectivity index (χ0) is 108. The molecule has 0 saturated heterocycles. The first kappa shape index (κ1) is 140. The minimum absolute atomic E-state index is 0.0508. The molecule has 0 bridgehead atoms. The van der Waals surface area contributed by atoms with Gasteiger partial charge in [0, 0.05) is 93.9 Å². The van der Waals surface area contributed by atoms with Gasteiger partial charge < -0.3 is 95.0 Å². The number of ether oxygens (including phenoxy) is 9. The Labute approximate surface area is 896 Å². The second kappa shape index (κ2) is 100. The van der Waals surface area contributed by atoms with Gasteiger partial charge in [0.05, 0.1) is 160 Å². The number of nitrogens with two attached hydrogens (primary N) is 1. The van der Waals surface area contributed by atoms with Gasteiger partial charge >= 0.3 is 48.7 Å². The summed E-state index contributed by atoms with van der Waals surface area (Å²) in [7, 11) is -8.67. The summed E-state index contributed by atoms with van der Waals surface area (Å²) in [5.74, 6) is 2.80. The van der Waals surface area contributed by atoms with Crippen LogP contribution in [0, 0.1) is 20.2 Å². The lowest BCUT2D eigenvalue weighted by Crippen LogP contribution is -2.28. The highest BCUT2D eigenvalue weighted by Gasteiger charge is 2.29. The second-order valence-electron chi connectivity index (χ2n) is 34.2. The van der Waals surface area contributed by atoms with Gasteiger partial charge in [-0.25, -0.2) is 47.6 Å². The summed E-state index contributed by atoms with van der Waals surface area (Å²) in [6.07, 6.45) is 55.4. The van der Waals surface area contributed by atoms with E-state index in [0.717, 1.165) is 185 Å². The predicted molar refractivity (Wildman–Crippen MR) is 591 cm³/mol. The highest BCUT2D eigenvalue weighted by molar-refractivity contribution is 8.76. The maximum absolute atomic E-state index is 13.1. The van der Waals surface area contributed by atoms with Crippen molar-refractivity contribution < 1.29 is 126 Å². The van der Waals surface area contributed by atoms with Gasteiger partial charge in [0.1, 0.15) is 29.2 Å². The summed E-state index contributed by atoms with van der Waals surface area (Å²) in [5.41, 5.74) is 5.22. The Morgan fingerprint density at radius 3 is 1.02 bits per heavy atom. The number of unbranched alkanes of at least 4 members (excludes halogenated alkanes) is 35. The topological polar surface area (TPSA) is 469 Å². The molecule has 0 aliphatic carbocycles. The van der Waals surface area contributed by atoms with E-state index in [0.29, 0.717) is 156 Å². The van der Waals surface area contributed by atoms with E-state index in [1.54, 1.807) is 30.8 Å². The predicted octanol–water partition coefficient (Wildman–Crippen LogP) is 27.2. The van der Waals surface area contributed by atoms with Crippen molar-refractivity contribution in [3.05, 3.63) is 131 Å². The number of nitrogens with one attached hydrogen (secondary N) is 1. The summed E-state index contributed by atoms with van der Waals surface area (Å²) >= 11 is 4.25. The first-order chi connectivity index (χ1) is 72.1. The monoisotopic (exact) mass is 2230 g/mol. The first-order valence-corrected chi connectivity index (χ1v) is 63.8. The largest absolute Gasteiger partial charge is 0.450 e. The van der Waals surface area contributed by atoms with Crippen LogP contribution < -0.4 is 20.1 Å². The van der Waals surface area contributed by atoms with Crippen LogP contribution in [0.5, 0.6) is 11.5 Å². The van der Waals surface area contributed by atoms with Crippen molar-refractivity contribution >= 4 is 94.3 Å². The zero-order valence-corrected chi connectivity index (χ0v) is 95.8. The molecule has 2 unspecified atom stereocenters. The van der Waals surface area contributed by atoms with E-state index in [1.165, 1.54) is 191 Å².